The van der Waals surface area contributed by atoms with E-state index in [0.29, 0.717) is 22.4 Å². The second-order valence-corrected chi connectivity index (χ2v) is 7.93. The van der Waals surface area contributed by atoms with Gasteiger partial charge in [0.1, 0.15) is 0 Å². The highest BCUT2D eigenvalue weighted by molar-refractivity contribution is 9.11. The lowest BCUT2D eigenvalue weighted by molar-refractivity contribution is -0.113. The van der Waals surface area contributed by atoms with Crippen LogP contribution < -0.4 is 5.32 Å². The third-order valence-corrected chi connectivity index (χ3v) is 5.63. The van der Waals surface area contributed by atoms with Gasteiger partial charge in [-0.05, 0) is 68.6 Å². The Morgan fingerprint density at radius 1 is 1.32 bits per heavy atom. The topological polar surface area (TPSA) is 73.0 Å². The average molecular weight is 486 g/mol. The van der Waals surface area contributed by atoms with Gasteiger partial charge in [-0.3, -0.25) is 4.79 Å². The van der Waals surface area contributed by atoms with Gasteiger partial charge < -0.3 is 14.3 Å². The number of benzene rings is 1. The van der Waals surface area contributed by atoms with Crippen molar-refractivity contribution in [1.82, 2.24) is 14.8 Å². The molecule has 25 heavy (non-hydrogen) atoms. The van der Waals surface area contributed by atoms with Gasteiger partial charge in [0.05, 0.1) is 17.7 Å². The summed E-state index contributed by atoms with van der Waals surface area (Å²) in [5.74, 6) is 1.35. The van der Waals surface area contributed by atoms with Crippen LogP contribution in [0.15, 0.2) is 49.0 Å². The Kier molecular flexibility index (Phi) is 5.65. The highest BCUT2D eigenvalue weighted by Gasteiger charge is 2.15. The second kappa shape index (κ2) is 7.76. The fourth-order valence-electron chi connectivity index (χ4n) is 2.19. The van der Waals surface area contributed by atoms with E-state index in [9.17, 15) is 4.79 Å². The van der Waals surface area contributed by atoms with Crippen molar-refractivity contribution in [2.24, 2.45) is 7.05 Å². The number of rotatable bonds is 5. The Labute approximate surface area is 165 Å². The van der Waals surface area contributed by atoms with E-state index in [1.54, 1.807) is 16.9 Å². The smallest absolute Gasteiger partial charge is 0.234 e. The van der Waals surface area contributed by atoms with Crippen molar-refractivity contribution < 1.29 is 9.21 Å². The number of amides is 1. The molecule has 1 aromatic carbocycles. The molecule has 0 spiro atoms. The maximum absolute atomic E-state index is 12.3. The number of nitrogens with zero attached hydrogens (tertiary/aromatic N) is 3. The Hall–Kier alpha value is -1.58. The van der Waals surface area contributed by atoms with E-state index < -0.39 is 0 Å². The van der Waals surface area contributed by atoms with Gasteiger partial charge in [0.25, 0.3) is 0 Å². The molecule has 0 radical (unpaired) electrons. The summed E-state index contributed by atoms with van der Waals surface area (Å²) in [7, 11) is 1.84. The first-order valence-corrected chi connectivity index (χ1v) is 9.84. The number of anilines is 1. The third kappa shape index (κ3) is 4.16. The molecule has 0 unspecified atom stereocenters. The molecule has 1 N–H and O–H groups in total. The third-order valence-electron chi connectivity index (χ3n) is 3.36. The minimum Gasteiger partial charge on any atom is -0.461 e. The summed E-state index contributed by atoms with van der Waals surface area (Å²) >= 11 is 8.25. The molecule has 0 fully saturated rings. The SMILES string of the molecule is Cc1cc(Br)c(NC(=O)CSc2nnc(-c3ccco3)n2C)c(Br)c1. The van der Waals surface area contributed by atoms with E-state index in [-0.39, 0.29) is 11.7 Å². The summed E-state index contributed by atoms with van der Waals surface area (Å²) in [4.78, 5) is 12.3. The standard InChI is InChI=1S/C16H14Br2N4O2S/c1-9-6-10(17)14(11(18)7-9)19-13(23)8-25-16-21-20-15(22(16)2)12-4-3-5-24-12/h3-7H,8H2,1-2H3,(H,19,23). The normalized spacial score (nSPS) is 10.9. The van der Waals surface area contributed by atoms with E-state index >= 15 is 0 Å². The van der Waals surface area contributed by atoms with E-state index in [4.69, 9.17) is 4.42 Å². The zero-order valence-electron chi connectivity index (χ0n) is 13.4. The predicted octanol–water partition coefficient (Wildman–Crippen LogP) is 4.64. The maximum Gasteiger partial charge on any atom is 0.234 e. The van der Waals surface area contributed by atoms with Crippen LogP contribution >= 0.6 is 43.6 Å². The van der Waals surface area contributed by atoms with E-state index in [2.05, 4.69) is 47.4 Å². The van der Waals surface area contributed by atoms with Crippen molar-refractivity contribution >= 4 is 55.2 Å². The quantitative estimate of drug-likeness (QED) is 0.533. The van der Waals surface area contributed by atoms with Crippen LogP contribution in [0, 0.1) is 6.92 Å². The molecular formula is C16H14Br2N4O2S. The van der Waals surface area contributed by atoms with Gasteiger partial charge in [-0.15, -0.1) is 10.2 Å². The zero-order chi connectivity index (χ0) is 18.0. The molecule has 1 amide bonds. The van der Waals surface area contributed by atoms with Crippen LogP contribution in [-0.4, -0.2) is 26.4 Å². The number of hydrogen-bond acceptors (Lipinski definition) is 5. The molecule has 0 bridgehead atoms. The molecular weight excluding hydrogens is 472 g/mol. The molecule has 6 nitrogen and oxygen atoms in total. The average Bonchev–Trinajstić information content (AvgIpc) is 3.18. The Morgan fingerprint density at radius 2 is 2.04 bits per heavy atom. The highest BCUT2D eigenvalue weighted by atomic mass is 79.9. The number of nitrogens with one attached hydrogen (secondary N) is 1. The van der Waals surface area contributed by atoms with Crippen molar-refractivity contribution in [3.05, 3.63) is 45.0 Å². The molecule has 0 aliphatic carbocycles. The molecule has 0 saturated carbocycles. The van der Waals surface area contributed by atoms with E-state index in [0.717, 1.165) is 14.5 Å². The first kappa shape index (κ1) is 18.2. The van der Waals surface area contributed by atoms with Crippen LogP contribution in [0.1, 0.15) is 5.56 Å². The van der Waals surface area contributed by atoms with Gasteiger partial charge in [-0.25, -0.2) is 0 Å². The van der Waals surface area contributed by atoms with Crippen molar-refractivity contribution in [1.29, 1.82) is 0 Å². The molecule has 0 aliphatic rings. The fraction of sp³-hybridized carbons (Fsp3) is 0.188. The molecule has 3 aromatic rings. The zero-order valence-corrected chi connectivity index (χ0v) is 17.4. The predicted molar refractivity (Wildman–Crippen MR) is 105 cm³/mol. The summed E-state index contributed by atoms with van der Waals surface area (Å²) in [5.41, 5.74) is 1.81. The molecule has 3 rings (SSSR count). The Bertz CT molecular complexity index is 886. The number of carbonyl (C=O) groups excluding carboxylic acids is 1. The first-order chi connectivity index (χ1) is 12.0. The van der Waals surface area contributed by atoms with Crippen molar-refractivity contribution in [2.75, 3.05) is 11.1 Å². The minimum absolute atomic E-state index is 0.127. The molecule has 130 valence electrons. The van der Waals surface area contributed by atoms with Crippen LogP contribution in [0.3, 0.4) is 0 Å². The summed E-state index contributed by atoms with van der Waals surface area (Å²) in [6.45, 7) is 1.99. The summed E-state index contributed by atoms with van der Waals surface area (Å²) in [6.07, 6.45) is 1.58. The molecule has 0 saturated heterocycles. The number of carbonyl (C=O) groups is 1. The second-order valence-electron chi connectivity index (χ2n) is 5.28. The van der Waals surface area contributed by atoms with Crippen LogP contribution in [0.25, 0.3) is 11.6 Å². The molecule has 2 aromatic heterocycles. The fourth-order valence-corrected chi connectivity index (χ4v) is 4.51. The first-order valence-electron chi connectivity index (χ1n) is 7.27. The minimum atomic E-state index is -0.127. The lowest BCUT2D eigenvalue weighted by atomic mass is 10.2. The van der Waals surface area contributed by atoms with Crippen molar-refractivity contribution in [2.45, 2.75) is 12.1 Å². The summed E-state index contributed by atoms with van der Waals surface area (Å²) in [5, 5.41) is 11.8. The van der Waals surface area contributed by atoms with Gasteiger partial charge in [0.2, 0.25) is 5.91 Å². The molecule has 2 heterocycles. The number of thioether (sulfide) groups is 1. The molecule has 0 atom stereocenters. The van der Waals surface area contributed by atoms with E-state index in [1.165, 1.54) is 11.8 Å². The lowest BCUT2D eigenvalue weighted by Crippen LogP contribution is -2.15. The molecule has 0 aliphatic heterocycles. The largest absolute Gasteiger partial charge is 0.461 e. The summed E-state index contributed by atoms with van der Waals surface area (Å²) < 4.78 is 8.79. The summed E-state index contributed by atoms with van der Waals surface area (Å²) in [6, 6.07) is 7.51. The van der Waals surface area contributed by atoms with Crippen LogP contribution in [-0.2, 0) is 11.8 Å². The Balaban J connectivity index is 1.66. The Morgan fingerprint density at radius 3 is 2.68 bits per heavy atom. The van der Waals surface area contributed by atoms with Gasteiger partial charge in [0, 0.05) is 16.0 Å². The van der Waals surface area contributed by atoms with Gasteiger partial charge in [-0.2, -0.15) is 0 Å². The van der Waals surface area contributed by atoms with Crippen LogP contribution in [0.5, 0.6) is 0 Å². The van der Waals surface area contributed by atoms with Gasteiger partial charge in [0.15, 0.2) is 16.7 Å². The number of aromatic nitrogens is 3. The number of furan rings is 1. The maximum atomic E-state index is 12.3. The monoisotopic (exact) mass is 484 g/mol. The molecule has 9 heteroatoms. The van der Waals surface area contributed by atoms with Crippen molar-refractivity contribution in [3.63, 3.8) is 0 Å². The lowest BCUT2D eigenvalue weighted by Gasteiger charge is -2.10. The van der Waals surface area contributed by atoms with Crippen LogP contribution in [0.4, 0.5) is 5.69 Å². The van der Waals surface area contributed by atoms with E-state index in [1.807, 2.05) is 32.2 Å². The number of halogens is 2. The highest BCUT2D eigenvalue weighted by Crippen LogP contribution is 2.32. The number of hydrogen-bond donors (Lipinski definition) is 1. The van der Waals surface area contributed by atoms with Crippen LogP contribution in [0.2, 0.25) is 0 Å². The van der Waals surface area contributed by atoms with Crippen molar-refractivity contribution in [3.8, 4) is 11.6 Å². The van der Waals surface area contributed by atoms with Gasteiger partial charge >= 0.3 is 0 Å². The number of aryl methyl sites for hydroxylation is 1. The van der Waals surface area contributed by atoms with Gasteiger partial charge in [-0.1, -0.05) is 11.8 Å².